The van der Waals surface area contributed by atoms with Gasteiger partial charge in [0, 0.05) is 13.1 Å². The zero-order valence-corrected chi connectivity index (χ0v) is 13.0. The third-order valence-corrected chi connectivity index (χ3v) is 6.81. The van der Waals surface area contributed by atoms with Gasteiger partial charge in [0.1, 0.15) is 10.1 Å². The molecule has 0 unspecified atom stereocenters. The fourth-order valence-corrected chi connectivity index (χ4v) is 4.95. The van der Waals surface area contributed by atoms with Crippen molar-refractivity contribution in [3.8, 4) is 0 Å². The molecule has 0 bridgehead atoms. The van der Waals surface area contributed by atoms with Gasteiger partial charge in [0.15, 0.2) is 15.9 Å². The number of hydroxylamine groups is 2. The van der Waals surface area contributed by atoms with Crippen LogP contribution in [0.25, 0.3) is 0 Å². The van der Waals surface area contributed by atoms with E-state index in [1.54, 1.807) is 0 Å². The van der Waals surface area contributed by atoms with Crippen molar-refractivity contribution >= 4 is 27.6 Å². The van der Waals surface area contributed by atoms with Crippen LogP contribution in [-0.2, 0) is 29.1 Å². The second-order valence-electron chi connectivity index (χ2n) is 5.28. The van der Waals surface area contributed by atoms with Gasteiger partial charge in [-0.1, -0.05) is 6.08 Å². The summed E-state index contributed by atoms with van der Waals surface area (Å²) in [7, 11) is -1.38. The fourth-order valence-electron chi connectivity index (χ4n) is 2.68. The van der Waals surface area contributed by atoms with Crippen LogP contribution >= 0.6 is 0 Å². The van der Waals surface area contributed by atoms with E-state index in [0.717, 1.165) is 22.1 Å². The maximum atomic E-state index is 12.5. The Balaban J connectivity index is 2.45. The Kier molecular flexibility index (Phi) is 3.78. The highest BCUT2D eigenvalue weighted by Crippen LogP contribution is 2.46. The summed E-state index contributed by atoms with van der Waals surface area (Å²) >= 11 is 0. The Labute approximate surface area is 127 Å². The second-order valence-corrected chi connectivity index (χ2v) is 7.79. The van der Waals surface area contributed by atoms with E-state index in [2.05, 4.69) is 4.84 Å². The Morgan fingerprint density at radius 3 is 2.55 bits per heavy atom. The van der Waals surface area contributed by atoms with Crippen molar-refractivity contribution in [3.63, 3.8) is 0 Å². The first-order valence-corrected chi connectivity index (χ1v) is 7.91. The maximum Gasteiger partial charge on any atom is 0.328 e. The fraction of sp³-hybridized carbons (Fsp3) is 0.583. The van der Waals surface area contributed by atoms with E-state index in [9.17, 15) is 27.9 Å². The molecule has 0 aromatic heterocycles. The highest BCUT2D eigenvalue weighted by molar-refractivity contribution is 7.94. The number of amides is 2. The molecule has 2 rings (SSSR count). The molecule has 2 fully saturated rings. The number of sulfone groups is 1. The summed E-state index contributed by atoms with van der Waals surface area (Å²) in [6.07, 6.45) is 1.72. The number of likely N-dealkylation sites (N-methyl/N-ethyl adjacent to an activating group) is 1. The van der Waals surface area contributed by atoms with Crippen LogP contribution in [0.1, 0.15) is 13.3 Å². The predicted octanol–water partition coefficient (Wildman–Crippen LogP) is -1.24. The Morgan fingerprint density at radius 1 is 1.50 bits per heavy atom. The average Bonchev–Trinajstić information content (AvgIpc) is 2.58. The molecule has 9 nitrogen and oxygen atoms in total. The molecule has 2 saturated heterocycles. The molecule has 2 aliphatic rings. The Hall–Kier alpha value is -1.94. The average molecular weight is 332 g/mol. The van der Waals surface area contributed by atoms with Crippen molar-refractivity contribution in [1.82, 2.24) is 9.96 Å². The van der Waals surface area contributed by atoms with Crippen LogP contribution in [0.5, 0.6) is 0 Å². The van der Waals surface area contributed by atoms with Crippen molar-refractivity contribution in [3.05, 3.63) is 12.2 Å². The largest absolute Gasteiger partial charge is 0.480 e. The number of β-lactam (4-membered cyclic amide) rings is 1. The van der Waals surface area contributed by atoms with Crippen LogP contribution in [0, 0.1) is 0 Å². The molecule has 22 heavy (non-hydrogen) atoms. The van der Waals surface area contributed by atoms with E-state index in [4.69, 9.17) is 0 Å². The molecular weight excluding hydrogens is 316 g/mol. The first-order chi connectivity index (χ1) is 10.1. The highest BCUT2D eigenvalue weighted by Gasteiger charge is 2.69. The number of carbonyl (C=O) groups is 3. The molecule has 0 aliphatic carbocycles. The number of fused-ring (bicyclic) bond motifs is 1. The third kappa shape index (κ3) is 2.02. The number of hydrogen-bond acceptors (Lipinski definition) is 6. The normalized spacial score (nSPS) is 32.7. The van der Waals surface area contributed by atoms with Crippen LogP contribution in [0.4, 0.5) is 0 Å². The molecule has 122 valence electrons. The van der Waals surface area contributed by atoms with Gasteiger partial charge in [0.2, 0.25) is 5.91 Å². The van der Waals surface area contributed by atoms with E-state index in [1.165, 1.54) is 21.1 Å². The molecule has 10 heteroatoms. The molecule has 2 heterocycles. The Bertz CT molecular complexity index is 671. The molecule has 0 aromatic carbocycles. The zero-order chi connectivity index (χ0) is 16.9. The van der Waals surface area contributed by atoms with Gasteiger partial charge in [-0.25, -0.2) is 18.3 Å². The molecule has 1 N–H and O–H groups in total. The standard InChI is InChI=1S/C12H16N2O7S/c1-12(5-4-7(15)13(2)21-3)10(11(17)18)14-8(16)6-9(14)22(12,19)20/h4-5,9-10H,6H2,1-3H3,(H,17,18)/b5-4-/t9-,10+,12+/m1/s1. The minimum atomic E-state index is -3.96. The van der Waals surface area contributed by atoms with Crippen LogP contribution in [0.3, 0.4) is 0 Å². The molecule has 0 radical (unpaired) electrons. The topological polar surface area (TPSA) is 121 Å². The van der Waals surface area contributed by atoms with Gasteiger partial charge in [-0.05, 0) is 6.92 Å². The number of aliphatic carboxylic acids is 1. The number of rotatable bonds is 4. The highest BCUT2D eigenvalue weighted by atomic mass is 32.2. The van der Waals surface area contributed by atoms with Gasteiger partial charge in [-0.2, -0.15) is 0 Å². The first kappa shape index (κ1) is 16.4. The lowest BCUT2D eigenvalue weighted by Crippen LogP contribution is -2.57. The van der Waals surface area contributed by atoms with Gasteiger partial charge < -0.3 is 10.0 Å². The quantitative estimate of drug-likeness (QED) is 0.388. The smallest absolute Gasteiger partial charge is 0.328 e. The van der Waals surface area contributed by atoms with Gasteiger partial charge >= 0.3 is 5.97 Å². The zero-order valence-electron chi connectivity index (χ0n) is 12.2. The van der Waals surface area contributed by atoms with E-state index in [1.807, 2.05) is 0 Å². The SMILES string of the molecule is CON(C)C(=O)/C=C\[C@@]1(C)[C@H](C(=O)O)N2C(=O)C[C@H]2S1(=O)=O. The van der Waals surface area contributed by atoms with E-state index in [0.29, 0.717) is 0 Å². The summed E-state index contributed by atoms with van der Waals surface area (Å²) in [6, 6.07) is -1.55. The van der Waals surface area contributed by atoms with Crippen molar-refractivity contribution in [2.24, 2.45) is 0 Å². The third-order valence-electron chi connectivity index (χ3n) is 4.11. The van der Waals surface area contributed by atoms with Gasteiger partial charge in [-0.15, -0.1) is 0 Å². The van der Waals surface area contributed by atoms with E-state index >= 15 is 0 Å². The van der Waals surface area contributed by atoms with Crippen molar-refractivity contribution in [1.29, 1.82) is 0 Å². The van der Waals surface area contributed by atoms with Crippen molar-refractivity contribution in [2.45, 2.75) is 29.5 Å². The first-order valence-electron chi connectivity index (χ1n) is 6.36. The van der Waals surface area contributed by atoms with Gasteiger partial charge in [-0.3, -0.25) is 14.4 Å². The summed E-state index contributed by atoms with van der Waals surface area (Å²) < 4.78 is 23.2. The van der Waals surface area contributed by atoms with Gasteiger partial charge in [0.05, 0.1) is 13.5 Å². The van der Waals surface area contributed by atoms with Crippen molar-refractivity contribution in [2.75, 3.05) is 14.2 Å². The molecule has 0 spiro atoms. The molecule has 0 aromatic rings. The number of carbonyl (C=O) groups excluding carboxylic acids is 2. The summed E-state index contributed by atoms with van der Waals surface area (Å²) in [5.74, 6) is -2.61. The predicted molar refractivity (Wildman–Crippen MR) is 72.9 cm³/mol. The minimum absolute atomic E-state index is 0.235. The lowest BCUT2D eigenvalue weighted by Gasteiger charge is -2.35. The minimum Gasteiger partial charge on any atom is -0.480 e. The van der Waals surface area contributed by atoms with Crippen LogP contribution in [0.15, 0.2) is 12.2 Å². The van der Waals surface area contributed by atoms with Crippen LogP contribution in [-0.4, -0.2) is 71.6 Å². The number of nitrogens with zero attached hydrogens (tertiary/aromatic N) is 2. The molecule has 3 atom stereocenters. The van der Waals surface area contributed by atoms with Gasteiger partial charge in [0.25, 0.3) is 5.91 Å². The summed E-state index contributed by atoms with van der Waals surface area (Å²) in [4.78, 5) is 40.2. The molecule has 2 amide bonds. The second kappa shape index (κ2) is 5.06. The van der Waals surface area contributed by atoms with Crippen LogP contribution in [0.2, 0.25) is 0 Å². The number of carboxylic acids is 1. The molecular formula is C12H16N2O7S. The maximum absolute atomic E-state index is 12.5. The molecule has 0 saturated carbocycles. The number of carboxylic acid groups (broad SMARTS) is 1. The molecule has 2 aliphatic heterocycles. The van der Waals surface area contributed by atoms with E-state index in [-0.39, 0.29) is 6.42 Å². The van der Waals surface area contributed by atoms with Crippen molar-refractivity contribution < 1.29 is 32.7 Å². The van der Waals surface area contributed by atoms with Crippen LogP contribution < -0.4 is 0 Å². The monoisotopic (exact) mass is 332 g/mol. The lowest BCUT2D eigenvalue weighted by atomic mass is 9.96. The summed E-state index contributed by atoms with van der Waals surface area (Å²) in [5.41, 5.74) is 0. The van der Waals surface area contributed by atoms with E-state index < -0.39 is 43.8 Å². The lowest BCUT2D eigenvalue weighted by molar-refractivity contribution is -0.162. The summed E-state index contributed by atoms with van der Waals surface area (Å²) in [6.45, 7) is 1.20. The Morgan fingerprint density at radius 2 is 2.09 bits per heavy atom. The summed E-state index contributed by atoms with van der Waals surface area (Å²) in [5, 5.41) is 9.04. The number of hydrogen-bond donors (Lipinski definition) is 1.